The molecule has 1 aromatic carbocycles. The van der Waals surface area contributed by atoms with Crippen molar-refractivity contribution in [2.24, 2.45) is 0 Å². The summed E-state index contributed by atoms with van der Waals surface area (Å²) in [7, 11) is 0. The molecule has 0 spiro atoms. The molecule has 3 aromatic rings. The van der Waals surface area contributed by atoms with Crippen molar-refractivity contribution in [2.45, 2.75) is 46.3 Å². The van der Waals surface area contributed by atoms with Gasteiger partial charge in [0.15, 0.2) is 0 Å². The maximum Gasteiger partial charge on any atom is 0.274 e. The van der Waals surface area contributed by atoms with E-state index in [1.807, 2.05) is 30.9 Å². The zero-order chi connectivity index (χ0) is 19.0. The van der Waals surface area contributed by atoms with Gasteiger partial charge in [0.25, 0.3) is 11.1 Å². The molecule has 0 radical (unpaired) electrons. The topological polar surface area (TPSA) is 60.2 Å². The molecule has 0 atom stereocenters. The highest BCUT2D eigenvalue weighted by molar-refractivity contribution is 7.20. The van der Waals surface area contributed by atoms with Gasteiger partial charge in [0.2, 0.25) is 0 Å². The summed E-state index contributed by atoms with van der Waals surface area (Å²) in [5.74, 6) is 0.0616. The molecule has 0 saturated carbocycles. The van der Waals surface area contributed by atoms with E-state index in [4.69, 9.17) is 4.74 Å². The van der Waals surface area contributed by atoms with E-state index in [0.29, 0.717) is 25.3 Å². The third-order valence-corrected chi connectivity index (χ3v) is 5.93. The molecule has 0 unspecified atom stereocenters. The number of hydrogen-bond acceptors (Lipinski definition) is 5. The molecule has 6 nitrogen and oxygen atoms in total. The van der Waals surface area contributed by atoms with Crippen LogP contribution in [-0.2, 0) is 6.54 Å². The van der Waals surface area contributed by atoms with Crippen molar-refractivity contribution < 1.29 is 9.53 Å². The second kappa shape index (κ2) is 7.31. The lowest BCUT2D eigenvalue weighted by molar-refractivity contribution is 0.0584. The van der Waals surface area contributed by atoms with Crippen LogP contribution in [0.4, 0.5) is 0 Å². The minimum Gasteiger partial charge on any atom is -0.467 e. The first-order chi connectivity index (χ1) is 13.0. The van der Waals surface area contributed by atoms with E-state index in [9.17, 15) is 4.79 Å². The molecule has 1 fully saturated rings. The Bertz CT molecular complexity index is 970. The number of aromatic nitrogens is 3. The van der Waals surface area contributed by atoms with Crippen molar-refractivity contribution >= 4 is 27.5 Å². The number of rotatable bonds is 4. The van der Waals surface area contributed by atoms with Gasteiger partial charge >= 0.3 is 0 Å². The number of amides is 1. The zero-order valence-electron chi connectivity index (χ0n) is 15.9. The largest absolute Gasteiger partial charge is 0.467 e. The van der Waals surface area contributed by atoms with Gasteiger partial charge in [-0.1, -0.05) is 23.5 Å². The Labute approximate surface area is 162 Å². The Morgan fingerprint density at radius 2 is 2.07 bits per heavy atom. The highest BCUT2D eigenvalue weighted by Crippen LogP contribution is 2.31. The minimum atomic E-state index is 0.0616. The van der Waals surface area contributed by atoms with E-state index in [2.05, 4.69) is 29.1 Å². The molecular weight excluding hydrogens is 360 g/mol. The molecule has 4 rings (SSSR count). The molecule has 3 heterocycles. The molecule has 1 amide bonds. The average Bonchev–Trinajstić information content (AvgIpc) is 3.25. The third-order valence-electron chi connectivity index (χ3n) is 5.02. The van der Waals surface area contributed by atoms with Crippen LogP contribution in [0.15, 0.2) is 24.3 Å². The van der Waals surface area contributed by atoms with Crippen LogP contribution in [0.3, 0.4) is 0 Å². The lowest BCUT2D eigenvalue weighted by Gasteiger charge is -2.31. The average molecular weight is 385 g/mol. The number of aryl methyl sites for hydroxylation is 3. The van der Waals surface area contributed by atoms with Crippen LogP contribution in [0.5, 0.6) is 5.19 Å². The van der Waals surface area contributed by atoms with Crippen LogP contribution in [0.2, 0.25) is 0 Å². The fourth-order valence-corrected chi connectivity index (χ4v) is 4.52. The monoisotopic (exact) mass is 384 g/mol. The first-order valence-electron chi connectivity index (χ1n) is 9.41. The van der Waals surface area contributed by atoms with Gasteiger partial charge in [-0.05, 0) is 38.5 Å². The maximum absolute atomic E-state index is 12.8. The van der Waals surface area contributed by atoms with E-state index in [-0.39, 0.29) is 12.0 Å². The van der Waals surface area contributed by atoms with Gasteiger partial charge in [-0.2, -0.15) is 5.10 Å². The van der Waals surface area contributed by atoms with Crippen molar-refractivity contribution in [2.75, 3.05) is 13.1 Å². The number of likely N-dealkylation sites (tertiary alicyclic amines) is 1. The molecule has 2 aromatic heterocycles. The van der Waals surface area contributed by atoms with Crippen LogP contribution in [0.1, 0.15) is 41.5 Å². The molecule has 0 N–H and O–H groups in total. The summed E-state index contributed by atoms with van der Waals surface area (Å²) in [6.07, 6.45) is 1.74. The van der Waals surface area contributed by atoms with Crippen molar-refractivity contribution in [1.29, 1.82) is 0 Å². The van der Waals surface area contributed by atoms with E-state index >= 15 is 0 Å². The Balaban J connectivity index is 1.39. The molecule has 27 heavy (non-hydrogen) atoms. The minimum absolute atomic E-state index is 0.0616. The number of para-hydroxylation sites is 1. The number of carbonyl (C=O) groups is 1. The Morgan fingerprint density at radius 1 is 1.30 bits per heavy atom. The fraction of sp³-hybridized carbons (Fsp3) is 0.450. The highest BCUT2D eigenvalue weighted by Gasteiger charge is 2.27. The van der Waals surface area contributed by atoms with Crippen LogP contribution >= 0.6 is 11.3 Å². The van der Waals surface area contributed by atoms with E-state index < -0.39 is 0 Å². The van der Waals surface area contributed by atoms with Crippen LogP contribution in [0.25, 0.3) is 10.2 Å². The number of benzene rings is 1. The van der Waals surface area contributed by atoms with Gasteiger partial charge in [0.1, 0.15) is 11.8 Å². The first-order valence-corrected chi connectivity index (χ1v) is 10.2. The van der Waals surface area contributed by atoms with Crippen LogP contribution in [0, 0.1) is 13.8 Å². The van der Waals surface area contributed by atoms with Gasteiger partial charge in [-0.15, -0.1) is 0 Å². The summed E-state index contributed by atoms with van der Waals surface area (Å²) in [6.45, 7) is 8.08. The van der Waals surface area contributed by atoms with Gasteiger partial charge in [-0.3, -0.25) is 9.48 Å². The number of nitrogens with zero attached hydrogens (tertiary/aromatic N) is 4. The lowest BCUT2D eigenvalue weighted by atomic mass is 10.1. The fourth-order valence-electron chi connectivity index (χ4n) is 3.56. The molecule has 1 aliphatic rings. The number of piperidine rings is 1. The van der Waals surface area contributed by atoms with E-state index in [1.165, 1.54) is 5.56 Å². The van der Waals surface area contributed by atoms with Gasteiger partial charge in [-0.25, -0.2) is 4.98 Å². The van der Waals surface area contributed by atoms with Crippen molar-refractivity contribution in [3.05, 3.63) is 41.2 Å². The maximum atomic E-state index is 12.8. The van der Waals surface area contributed by atoms with E-state index in [0.717, 1.165) is 33.9 Å². The van der Waals surface area contributed by atoms with Gasteiger partial charge < -0.3 is 9.64 Å². The number of fused-ring (bicyclic) bond motifs is 1. The second-order valence-electron chi connectivity index (χ2n) is 7.00. The SMILES string of the molecule is CCn1nc(C)cc1C(=O)N1CCC(Oc2nc3c(C)cccc3s2)CC1. The normalized spacial score (nSPS) is 15.4. The Hall–Kier alpha value is -2.41. The molecular formula is C20H24N4O2S. The van der Waals surface area contributed by atoms with Crippen molar-refractivity contribution in [1.82, 2.24) is 19.7 Å². The Morgan fingerprint density at radius 3 is 2.78 bits per heavy atom. The predicted molar refractivity (Wildman–Crippen MR) is 107 cm³/mol. The molecule has 142 valence electrons. The predicted octanol–water partition coefficient (Wildman–Crippen LogP) is 3.81. The van der Waals surface area contributed by atoms with Gasteiger partial charge in [0, 0.05) is 32.5 Å². The summed E-state index contributed by atoms with van der Waals surface area (Å²) in [5, 5.41) is 5.11. The summed E-state index contributed by atoms with van der Waals surface area (Å²) < 4.78 is 9.06. The van der Waals surface area contributed by atoms with Gasteiger partial charge in [0.05, 0.1) is 15.9 Å². The highest BCUT2D eigenvalue weighted by atomic mass is 32.1. The molecule has 7 heteroatoms. The molecule has 1 aliphatic heterocycles. The first kappa shape index (κ1) is 18.0. The molecule has 0 bridgehead atoms. The van der Waals surface area contributed by atoms with Crippen LogP contribution < -0.4 is 4.74 Å². The Kier molecular flexibility index (Phi) is 4.86. The van der Waals surface area contributed by atoms with Crippen molar-refractivity contribution in [3.8, 4) is 5.19 Å². The number of thiazole rings is 1. The second-order valence-corrected chi connectivity index (χ2v) is 7.99. The quantitative estimate of drug-likeness (QED) is 0.686. The molecule has 0 aliphatic carbocycles. The number of hydrogen-bond donors (Lipinski definition) is 0. The van der Waals surface area contributed by atoms with Crippen molar-refractivity contribution in [3.63, 3.8) is 0 Å². The third kappa shape index (κ3) is 3.56. The summed E-state index contributed by atoms with van der Waals surface area (Å²) in [6, 6.07) is 8.07. The zero-order valence-corrected chi connectivity index (χ0v) is 16.8. The number of carbonyl (C=O) groups excluding carboxylic acids is 1. The summed E-state index contributed by atoms with van der Waals surface area (Å²) >= 11 is 1.59. The molecule has 1 saturated heterocycles. The lowest BCUT2D eigenvalue weighted by Crippen LogP contribution is -2.42. The summed E-state index contributed by atoms with van der Waals surface area (Å²) in [5.41, 5.74) is 3.75. The smallest absolute Gasteiger partial charge is 0.274 e. The van der Waals surface area contributed by atoms with Crippen LogP contribution in [-0.4, -0.2) is 44.8 Å². The number of ether oxygens (including phenoxy) is 1. The summed E-state index contributed by atoms with van der Waals surface area (Å²) in [4.78, 5) is 19.4. The standard InChI is InChI=1S/C20H24N4O2S/c1-4-24-16(12-14(3)22-24)19(25)23-10-8-15(9-11-23)26-20-21-18-13(2)6-5-7-17(18)27-20/h5-7,12,15H,4,8-11H2,1-3H3. The van der Waals surface area contributed by atoms with E-state index in [1.54, 1.807) is 16.0 Å².